The molecule has 0 spiro atoms. The molecule has 0 atom stereocenters. The molecule has 4 nitrogen and oxygen atoms in total. The first-order chi connectivity index (χ1) is 9.29. The fourth-order valence-electron chi connectivity index (χ4n) is 2.51. The van der Waals surface area contributed by atoms with E-state index >= 15 is 0 Å². The van der Waals surface area contributed by atoms with Crippen molar-refractivity contribution in [2.75, 3.05) is 19.5 Å². The molecule has 19 heavy (non-hydrogen) atoms. The number of hydrogen-bond donors (Lipinski definition) is 0. The Hall–Kier alpha value is -1.13. The summed E-state index contributed by atoms with van der Waals surface area (Å²) in [5, 5.41) is 0. The van der Waals surface area contributed by atoms with Crippen LogP contribution in [-0.4, -0.2) is 44.9 Å². The van der Waals surface area contributed by atoms with Crippen LogP contribution < -0.4 is 0 Å². The largest absolute Gasteiger partial charge is 0.327 e. The molecule has 2 aromatic heterocycles. The van der Waals surface area contributed by atoms with E-state index in [0.29, 0.717) is 5.88 Å². The number of rotatable bonds is 6. The summed E-state index contributed by atoms with van der Waals surface area (Å²) < 4.78 is 2.29. The zero-order valence-corrected chi connectivity index (χ0v) is 12.0. The molecule has 2 heterocycles. The zero-order chi connectivity index (χ0) is 13.2. The van der Waals surface area contributed by atoms with Crippen molar-refractivity contribution in [1.29, 1.82) is 0 Å². The van der Waals surface area contributed by atoms with Gasteiger partial charge in [0.15, 0.2) is 0 Å². The second-order valence-electron chi connectivity index (χ2n) is 5.19. The van der Waals surface area contributed by atoms with Gasteiger partial charge in [-0.2, -0.15) is 0 Å². The van der Waals surface area contributed by atoms with E-state index in [-0.39, 0.29) is 0 Å². The quantitative estimate of drug-likeness (QED) is 0.761. The Morgan fingerprint density at radius 1 is 1.47 bits per heavy atom. The van der Waals surface area contributed by atoms with Gasteiger partial charge in [0.05, 0.1) is 11.7 Å². The molecule has 102 valence electrons. The summed E-state index contributed by atoms with van der Waals surface area (Å²) in [4.78, 5) is 11.2. The summed E-state index contributed by atoms with van der Waals surface area (Å²) in [6, 6.07) is 2.84. The van der Waals surface area contributed by atoms with Crippen molar-refractivity contribution in [2.45, 2.75) is 31.8 Å². The van der Waals surface area contributed by atoms with Gasteiger partial charge < -0.3 is 9.47 Å². The monoisotopic (exact) mass is 278 g/mol. The van der Waals surface area contributed by atoms with Crippen LogP contribution in [0.15, 0.2) is 18.5 Å². The SMILES string of the molecule is CN(CCn1c(CCCl)nc2cnccc21)C1CC1. The van der Waals surface area contributed by atoms with Crippen LogP contribution in [0.4, 0.5) is 0 Å². The number of hydrogen-bond acceptors (Lipinski definition) is 3. The molecule has 1 aliphatic carbocycles. The van der Waals surface area contributed by atoms with Crippen LogP contribution in [0, 0.1) is 0 Å². The average Bonchev–Trinajstić information content (AvgIpc) is 3.20. The molecule has 2 aromatic rings. The van der Waals surface area contributed by atoms with Crippen molar-refractivity contribution in [3.8, 4) is 0 Å². The van der Waals surface area contributed by atoms with E-state index in [9.17, 15) is 0 Å². The number of imidazole rings is 1. The molecule has 0 N–H and O–H groups in total. The third-order valence-electron chi connectivity index (χ3n) is 3.79. The molecule has 0 amide bonds. The molecular formula is C14H19ClN4. The lowest BCUT2D eigenvalue weighted by Gasteiger charge is -2.17. The smallest absolute Gasteiger partial charge is 0.111 e. The van der Waals surface area contributed by atoms with E-state index in [0.717, 1.165) is 36.9 Å². The Morgan fingerprint density at radius 3 is 3.05 bits per heavy atom. The van der Waals surface area contributed by atoms with Crippen molar-refractivity contribution >= 4 is 22.6 Å². The summed E-state index contributed by atoms with van der Waals surface area (Å²) in [6.45, 7) is 2.04. The Morgan fingerprint density at radius 2 is 2.32 bits per heavy atom. The van der Waals surface area contributed by atoms with E-state index in [4.69, 9.17) is 11.6 Å². The summed E-state index contributed by atoms with van der Waals surface area (Å²) in [5.41, 5.74) is 2.14. The number of pyridine rings is 1. The van der Waals surface area contributed by atoms with E-state index < -0.39 is 0 Å². The molecule has 5 heteroatoms. The molecule has 0 unspecified atom stereocenters. The van der Waals surface area contributed by atoms with Crippen LogP contribution in [0.3, 0.4) is 0 Å². The number of halogens is 1. The molecule has 0 radical (unpaired) electrons. The third-order valence-corrected chi connectivity index (χ3v) is 3.98. The third kappa shape index (κ3) is 2.74. The highest BCUT2D eigenvalue weighted by atomic mass is 35.5. The van der Waals surface area contributed by atoms with Crippen LogP contribution in [0.1, 0.15) is 18.7 Å². The first kappa shape index (κ1) is 12.9. The number of nitrogens with zero attached hydrogens (tertiary/aromatic N) is 4. The van der Waals surface area contributed by atoms with E-state index in [2.05, 4.69) is 26.5 Å². The van der Waals surface area contributed by atoms with Crippen molar-refractivity contribution in [3.63, 3.8) is 0 Å². The Bertz CT molecular complexity index is 562. The molecular weight excluding hydrogens is 260 g/mol. The fourth-order valence-corrected chi connectivity index (χ4v) is 2.68. The van der Waals surface area contributed by atoms with E-state index in [1.807, 2.05) is 18.5 Å². The van der Waals surface area contributed by atoms with Crippen LogP contribution in [0.2, 0.25) is 0 Å². The van der Waals surface area contributed by atoms with Crippen molar-refractivity contribution < 1.29 is 0 Å². The number of likely N-dealkylation sites (N-methyl/N-ethyl adjacent to an activating group) is 1. The zero-order valence-electron chi connectivity index (χ0n) is 11.2. The van der Waals surface area contributed by atoms with Crippen molar-refractivity contribution in [2.24, 2.45) is 0 Å². The molecule has 0 aromatic carbocycles. The van der Waals surface area contributed by atoms with Gasteiger partial charge in [-0.15, -0.1) is 11.6 Å². The number of aromatic nitrogens is 3. The molecule has 0 aliphatic heterocycles. The number of alkyl halides is 1. The van der Waals surface area contributed by atoms with Crippen molar-refractivity contribution in [1.82, 2.24) is 19.4 Å². The minimum Gasteiger partial charge on any atom is -0.327 e. The standard InChI is InChI=1S/C14H19ClN4/c1-18(11-2-3-11)8-9-19-13-5-7-16-10-12(13)17-14(19)4-6-15/h5,7,10-11H,2-4,6,8-9H2,1H3. The van der Waals surface area contributed by atoms with Gasteiger partial charge in [0, 0.05) is 37.6 Å². The maximum absolute atomic E-state index is 5.88. The first-order valence-corrected chi connectivity index (χ1v) is 7.38. The molecule has 0 saturated heterocycles. The molecule has 0 bridgehead atoms. The molecule has 1 fully saturated rings. The molecule has 3 rings (SSSR count). The normalized spacial score (nSPS) is 15.5. The second-order valence-corrected chi connectivity index (χ2v) is 5.57. The Balaban J connectivity index is 1.83. The van der Waals surface area contributed by atoms with Crippen molar-refractivity contribution in [3.05, 3.63) is 24.3 Å². The minimum absolute atomic E-state index is 0.606. The fraction of sp³-hybridized carbons (Fsp3) is 0.571. The Labute approximate surface area is 118 Å². The van der Waals surface area contributed by atoms with Gasteiger partial charge >= 0.3 is 0 Å². The minimum atomic E-state index is 0.606. The first-order valence-electron chi connectivity index (χ1n) is 6.85. The summed E-state index contributed by atoms with van der Waals surface area (Å²) in [5.74, 6) is 1.68. The topological polar surface area (TPSA) is 34.0 Å². The van der Waals surface area contributed by atoms with E-state index in [1.54, 1.807) is 0 Å². The second kappa shape index (κ2) is 5.47. The highest BCUT2D eigenvalue weighted by Gasteiger charge is 2.25. The number of aryl methyl sites for hydroxylation is 1. The van der Waals surface area contributed by atoms with Gasteiger partial charge in [0.1, 0.15) is 11.3 Å². The number of fused-ring (bicyclic) bond motifs is 1. The van der Waals surface area contributed by atoms with Crippen LogP contribution >= 0.6 is 11.6 Å². The van der Waals surface area contributed by atoms with Gasteiger partial charge in [-0.1, -0.05) is 0 Å². The lowest BCUT2D eigenvalue weighted by molar-refractivity contribution is 0.309. The van der Waals surface area contributed by atoms with Crippen LogP contribution in [0.25, 0.3) is 11.0 Å². The summed E-state index contributed by atoms with van der Waals surface area (Å²) >= 11 is 5.88. The highest BCUT2D eigenvalue weighted by molar-refractivity contribution is 6.17. The summed E-state index contributed by atoms with van der Waals surface area (Å²) in [6.07, 6.45) is 7.16. The van der Waals surface area contributed by atoms with Gasteiger partial charge in [-0.3, -0.25) is 4.98 Å². The highest BCUT2D eigenvalue weighted by Crippen LogP contribution is 2.25. The maximum atomic E-state index is 5.88. The predicted octanol–water partition coefficient (Wildman–Crippen LogP) is 2.31. The van der Waals surface area contributed by atoms with Gasteiger partial charge in [0.25, 0.3) is 0 Å². The Kier molecular flexibility index (Phi) is 3.71. The van der Waals surface area contributed by atoms with Crippen LogP contribution in [0.5, 0.6) is 0 Å². The lowest BCUT2D eigenvalue weighted by Crippen LogP contribution is -2.25. The van der Waals surface area contributed by atoms with E-state index in [1.165, 1.54) is 18.4 Å². The predicted molar refractivity (Wildman–Crippen MR) is 77.6 cm³/mol. The lowest BCUT2D eigenvalue weighted by atomic mass is 10.4. The van der Waals surface area contributed by atoms with Crippen LogP contribution in [-0.2, 0) is 13.0 Å². The molecule has 1 aliphatic rings. The van der Waals surface area contributed by atoms with Gasteiger partial charge in [-0.05, 0) is 26.0 Å². The maximum Gasteiger partial charge on any atom is 0.111 e. The average molecular weight is 279 g/mol. The van der Waals surface area contributed by atoms with Gasteiger partial charge in [-0.25, -0.2) is 4.98 Å². The summed E-state index contributed by atoms with van der Waals surface area (Å²) in [7, 11) is 2.21. The van der Waals surface area contributed by atoms with Gasteiger partial charge in [0.2, 0.25) is 0 Å². The molecule has 1 saturated carbocycles.